The lowest BCUT2D eigenvalue weighted by atomic mass is 10.2. The van der Waals surface area contributed by atoms with Gasteiger partial charge in [0.2, 0.25) is 0 Å². The van der Waals surface area contributed by atoms with E-state index in [4.69, 9.17) is 21.1 Å². The summed E-state index contributed by atoms with van der Waals surface area (Å²) < 4.78 is 11.7. The second-order valence-electron chi connectivity index (χ2n) is 4.94. The van der Waals surface area contributed by atoms with Gasteiger partial charge in [-0.25, -0.2) is 0 Å². The molecule has 21 heavy (non-hydrogen) atoms. The SMILES string of the molecule is O=C(NCCCOCC1CCCO1)c1ccc(Cl)cc1Br. The van der Waals surface area contributed by atoms with E-state index in [0.717, 1.165) is 25.9 Å². The smallest absolute Gasteiger partial charge is 0.252 e. The van der Waals surface area contributed by atoms with E-state index in [1.807, 2.05) is 0 Å². The number of benzene rings is 1. The molecule has 2 rings (SSSR count). The van der Waals surface area contributed by atoms with Crippen LogP contribution in [-0.4, -0.2) is 38.4 Å². The topological polar surface area (TPSA) is 47.6 Å². The largest absolute Gasteiger partial charge is 0.379 e. The molecule has 6 heteroatoms. The molecule has 1 atom stereocenters. The van der Waals surface area contributed by atoms with Crippen LogP contribution in [0, 0.1) is 0 Å². The number of amides is 1. The van der Waals surface area contributed by atoms with E-state index < -0.39 is 0 Å². The van der Waals surface area contributed by atoms with Gasteiger partial charge in [0, 0.05) is 29.3 Å². The zero-order valence-corrected chi connectivity index (χ0v) is 14.1. The summed E-state index contributed by atoms with van der Waals surface area (Å²) in [7, 11) is 0. The van der Waals surface area contributed by atoms with Gasteiger partial charge < -0.3 is 14.8 Å². The molecule has 0 aliphatic carbocycles. The molecule has 1 amide bonds. The third-order valence-corrected chi connectivity index (χ3v) is 4.15. The van der Waals surface area contributed by atoms with Gasteiger partial charge in [-0.05, 0) is 53.4 Å². The molecular weight excluding hydrogens is 358 g/mol. The molecule has 1 aromatic rings. The molecular formula is C15H19BrClNO3. The Bertz CT molecular complexity index is 478. The van der Waals surface area contributed by atoms with Gasteiger partial charge in [0.15, 0.2) is 0 Å². The van der Waals surface area contributed by atoms with Crippen LogP contribution in [-0.2, 0) is 9.47 Å². The van der Waals surface area contributed by atoms with Gasteiger partial charge in [-0.3, -0.25) is 4.79 Å². The Morgan fingerprint density at radius 3 is 3.10 bits per heavy atom. The van der Waals surface area contributed by atoms with Crippen LogP contribution in [0.5, 0.6) is 0 Å². The van der Waals surface area contributed by atoms with Crippen molar-refractivity contribution in [1.82, 2.24) is 5.32 Å². The van der Waals surface area contributed by atoms with Crippen molar-refractivity contribution in [1.29, 1.82) is 0 Å². The van der Waals surface area contributed by atoms with Crippen LogP contribution in [0.3, 0.4) is 0 Å². The van der Waals surface area contributed by atoms with Gasteiger partial charge in [-0.15, -0.1) is 0 Å². The third-order valence-electron chi connectivity index (χ3n) is 3.25. The molecule has 1 fully saturated rings. The number of carbonyl (C=O) groups excluding carboxylic acids is 1. The number of ether oxygens (including phenoxy) is 2. The van der Waals surface area contributed by atoms with Crippen molar-refractivity contribution in [3.8, 4) is 0 Å². The highest BCUT2D eigenvalue weighted by molar-refractivity contribution is 9.10. The Morgan fingerprint density at radius 1 is 1.52 bits per heavy atom. The number of carbonyl (C=O) groups is 1. The number of halogens is 2. The standard InChI is InChI=1S/C15H19BrClNO3/c16-14-9-11(17)4-5-13(14)15(19)18-6-2-7-20-10-12-3-1-8-21-12/h4-5,9,12H,1-3,6-8,10H2,(H,18,19). The van der Waals surface area contributed by atoms with Crippen LogP contribution >= 0.6 is 27.5 Å². The minimum atomic E-state index is -0.113. The Hall–Kier alpha value is -0.620. The van der Waals surface area contributed by atoms with Gasteiger partial charge in [0.1, 0.15) is 0 Å². The quantitative estimate of drug-likeness (QED) is 0.742. The Kier molecular flexibility index (Phi) is 6.96. The Morgan fingerprint density at radius 2 is 2.38 bits per heavy atom. The first kappa shape index (κ1) is 16.7. The lowest BCUT2D eigenvalue weighted by molar-refractivity contribution is 0.0166. The van der Waals surface area contributed by atoms with Gasteiger partial charge >= 0.3 is 0 Å². The van der Waals surface area contributed by atoms with E-state index >= 15 is 0 Å². The minimum Gasteiger partial charge on any atom is -0.379 e. The fourth-order valence-electron chi connectivity index (χ4n) is 2.14. The predicted octanol–water partition coefficient (Wildman–Crippen LogP) is 3.42. The van der Waals surface area contributed by atoms with E-state index in [1.165, 1.54) is 0 Å². The van der Waals surface area contributed by atoms with Crippen LogP contribution in [0.1, 0.15) is 29.6 Å². The molecule has 4 nitrogen and oxygen atoms in total. The summed E-state index contributed by atoms with van der Waals surface area (Å²) in [6.07, 6.45) is 3.25. The molecule has 1 heterocycles. The first-order chi connectivity index (χ1) is 10.2. The second kappa shape index (κ2) is 8.73. The molecule has 1 aliphatic rings. The Balaban J connectivity index is 1.60. The molecule has 1 aromatic carbocycles. The van der Waals surface area contributed by atoms with Crippen molar-refractivity contribution in [2.24, 2.45) is 0 Å². The molecule has 116 valence electrons. The van der Waals surface area contributed by atoms with E-state index in [1.54, 1.807) is 18.2 Å². The van der Waals surface area contributed by atoms with Crippen LogP contribution in [0.25, 0.3) is 0 Å². The summed E-state index contributed by atoms with van der Waals surface area (Å²) in [5.74, 6) is -0.113. The summed E-state index contributed by atoms with van der Waals surface area (Å²) in [6.45, 7) is 2.71. The zero-order chi connectivity index (χ0) is 15.1. The van der Waals surface area contributed by atoms with Crippen molar-refractivity contribution in [3.05, 3.63) is 33.3 Å². The van der Waals surface area contributed by atoms with E-state index in [2.05, 4.69) is 21.2 Å². The normalized spacial score (nSPS) is 17.9. The number of nitrogens with one attached hydrogen (secondary N) is 1. The first-order valence-corrected chi connectivity index (χ1v) is 8.26. The minimum absolute atomic E-state index is 0.113. The van der Waals surface area contributed by atoms with Crippen molar-refractivity contribution in [2.45, 2.75) is 25.4 Å². The molecule has 0 bridgehead atoms. The highest BCUT2D eigenvalue weighted by Gasteiger charge is 2.15. The zero-order valence-electron chi connectivity index (χ0n) is 11.7. The molecule has 1 unspecified atom stereocenters. The average Bonchev–Trinajstić information content (AvgIpc) is 2.95. The number of hydrogen-bond acceptors (Lipinski definition) is 3. The van der Waals surface area contributed by atoms with Crippen LogP contribution in [0.2, 0.25) is 5.02 Å². The van der Waals surface area contributed by atoms with E-state index in [9.17, 15) is 4.79 Å². The van der Waals surface area contributed by atoms with Gasteiger partial charge in [-0.1, -0.05) is 11.6 Å². The average molecular weight is 377 g/mol. The number of hydrogen-bond donors (Lipinski definition) is 1. The monoisotopic (exact) mass is 375 g/mol. The number of rotatable bonds is 7. The van der Waals surface area contributed by atoms with Gasteiger partial charge in [-0.2, -0.15) is 0 Å². The van der Waals surface area contributed by atoms with Gasteiger partial charge in [0.25, 0.3) is 5.91 Å². The fourth-order valence-corrected chi connectivity index (χ4v) is 3.00. The van der Waals surface area contributed by atoms with Crippen LogP contribution in [0.4, 0.5) is 0 Å². The maximum absolute atomic E-state index is 12.0. The first-order valence-electron chi connectivity index (χ1n) is 7.09. The Labute approximate surface area is 138 Å². The van der Waals surface area contributed by atoms with Crippen LogP contribution in [0.15, 0.2) is 22.7 Å². The summed E-state index contributed by atoms with van der Waals surface area (Å²) in [6, 6.07) is 5.11. The van der Waals surface area contributed by atoms with Gasteiger partial charge in [0.05, 0.1) is 18.3 Å². The molecule has 0 aromatic heterocycles. The lowest BCUT2D eigenvalue weighted by Crippen LogP contribution is -2.26. The third kappa shape index (κ3) is 5.58. The summed E-state index contributed by atoms with van der Waals surface area (Å²) in [4.78, 5) is 12.0. The summed E-state index contributed by atoms with van der Waals surface area (Å²) >= 11 is 9.18. The van der Waals surface area contributed by atoms with E-state index in [0.29, 0.717) is 34.8 Å². The molecule has 1 aliphatic heterocycles. The molecule has 0 saturated carbocycles. The lowest BCUT2D eigenvalue weighted by Gasteiger charge is -2.10. The highest BCUT2D eigenvalue weighted by atomic mass is 79.9. The summed E-state index contributed by atoms with van der Waals surface area (Å²) in [5.41, 5.74) is 0.583. The van der Waals surface area contributed by atoms with Crippen molar-refractivity contribution in [3.63, 3.8) is 0 Å². The molecule has 1 saturated heterocycles. The van der Waals surface area contributed by atoms with E-state index in [-0.39, 0.29) is 12.0 Å². The van der Waals surface area contributed by atoms with Crippen LogP contribution < -0.4 is 5.32 Å². The maximum Gasteiger partial charge on any atom is 0.252 e. The maximum atomic E-state index is 12.0. The highest BCUT2D eigenvalue weighted by Crippen LogP contribution is 2.21. The van der Waals surface area contributed by atoms with Crippen molar-refractivity contribution in [2.75, 3.05) is 26.4 Å². The summed E-state index contributed by atoms with van der Waals surface area (Å²) in [5, 5.41) is 3.46. The van der Waals surface area contributed by atoms with Crippen molar-refractivity contribution < 1.29 is 14.3 Å². The molecule has 1 N–H and O–H groups in total. The fraction of sp³-hybridized carbons (Fsp3) is 0.533. The van der Waals surface area contributed by atoms with Crippen molar-refractivity contribution >= 4 is 33.4 Å². The second-order valence-corrected chi connectivity index (χ2v) is 6.23. The molecule has 0 radical (unpaired) electrons. The molecule has 0 spiro atoms. The predicted molar refractivity (Wildman–Crippen MR) is 85.9 cm³/mol.